The van der Waals surface area contributed by atoms with E-state index in [2.05, 4.69) is 25.9 Å². The van der Waals surface area contributed by atoms with Crippen molar-refractivity contribution >= 4 is 55.2 Å². The zero-order chi connectivity index (χ0) is 15.7. The van der Waals surface area contributed by atoms with Crippen LogP contribution in [0.5, 0.6) is 0 Å². The molecule has 0 atom stereocenters. The van der Waals surface area contributed by atoms with Crippen molar-refractivity contribution < 1.29 is 9.90 Å². The van der Waals surface area contributed by atoms with E-state index in [1.165, 1.54) is 17.1 Å². The molecule has 0 fully saturated rings. The zero-order valence-electron chi connectivity index (χ0n) is 11.0. The third kappa shape index (κ3) is 3.08. The van der Waals surface area contributed by atoms with Crippen molar-refractivity contribution in [3.8, 4) is 0 Å². The van der Waals surface area contributed by atoms with Crippen molar-refractivity contribution in [2.24, 2.45) is 0 Å². The molecule has 112 valence electrons. The Morgan fingerprint density at radius 3 is 2.77 bits per heavy atom. The summed E-state index contributed by atoms with van der Waals surface area (Å²) in [6, 6.07) is 7.88. The number of fused-ring (bicyclic) bond motifs is 1. The van der Waals surface area contributed by atoms with Crippen molar-refractivity contribution in [3.05, 3.63) is 55.6 Å². The third-order valence-corrected chi connectivity index (χ3v) is 5.29. The summed E-state index contributed by atoms with van der Waals surface area (Å²) in [6.07, 6.45) is 0. The van der Waals surface area contributed by atoms with Gasteiger partial charge < -0.3 is 10.1 Å². The Labute approximate surface area is 141 Å². The maximum absolute atomic E-state index is 12.1. The second-order valence-corrected chi connectivity index (χ2v) is 7.16. The van der Waals surface area contributed by atoms with E-state index in [0.717, 1.165) is 21.4 Å². The van der Waals surface area contributed by atoms with Crippen LogP contribution >= 0.6 is 39.0 Å². The number of carboxylic acid groups (broad SMARTS) is 1. The SMILES string of the molecule is O=C(O)c1csc2nc(SCc3ccc(Br)cc3)[nH]c(=O)c12. The number of hydrogen-bond donors (Lipinski definition) is 2. The van der Waals surface area contributed by atoms with Gasteiger partial charge in [-0.15, -0.1) is 11.3 Å². The van der Waals surface area contributed by atoms with E-state index >= 15 is 0 Å². The lowest BCUT2D eigenvalue weighted by Crippen LogP contribution is -2.11. The molecule has 0 saturated heterocycles. The van der Waals surface area contributed by atoms with Gasteiger partial charge in [-0.25, -0.2) is 9.78 Å². The summed E-state index contributed by atoms with van der Waals surface area (Å²) in [7, 11) is 0. The van der Waals surface area contributed by atoms with E-state index in [9.17, 15) is 9.59 Å². The summed E-state index contributed by atoms with van der Waals surface area (Å²) in [5, 5.41) is 11.1. The molecule has 0 amide bonds. The summed E-state index contributed by atoms with van der Waals surface area (Å²) in [6.45, 7) is 0. The highest BCUT2D eigenvalue weighted by atomic mass is 79.9. The average Bonchev–Trinajstić information content (AvgIpc) is 2.91. The number of benzene rings is 1. The predicted octanol–water partition coefficient (Wildman–Crippen LogP) is 3.74. The molecule has 8 heteroatoms. The van der Waals surface area contributed by atoms with Crippen molar-refractivity contribution in [1.29, 1.82) is 0 Å². The van der Waals surface area contributed by atoms with Gasteiger partial charge in [-0.3, -0.25) is 4.79 Å². The smallest absolute Gasteiger partial charge is 0.337 e. The Hall–Kier alpha value is -1.64. The molecule has 2 N–H and O–H groups in total. The molecule has 22 heavy (non-hydrogen) atoms. The van der Waals surface area contributed by atoms with Crippen LogP contribution in [0.2, 0.25) is 0 Å². The van der Waals surface area contributed by atoms with E-state index in [0.29, 0.717) is 15.7 Å². The number of aromatic carboxylic acids is 1. The monoisotopic (exact) mass is 396 g/mol. The number of thiophene rings is 1. The zero-order valence-corrected chi connectivity index (χ0v) is 14.2. The first-order valence-corrected chi connectivity index (χ1v) is 8.82. The fourth-order valence-corrected chi connectivity index (χ4v) is 3.94. The highest BCUT2D eigenvalue weighted by Crippen LogP contribution is 2.25. The molecule has 3 aromatic rings. The highest BCUT2D eigenvalue weighted by Gasteiger charge is 2.16. The summed E-state index contributed by atoms with van der Waals surface area (Å²) in [4.78, 5) is 30.6. The second-order valence-electron chi connectivity index (χ2n) is 4.42. The number of carbonyl (C=O) groups is 1. The van der Waals surface area contributed by atoms with E-state index in [-0.39, 0.29) is 10.9 Å². The largest absolute Gasteiger partial charge is 0.478 e. The number of aromatic amines is 1. The van der Waals surface area contributed by atoms with Crippen LogP contribution in [0.25, 0.3) is 10.2 Å². The van der Waals surface area contributed by atoms with Crippen LogP contribution in [-0.2, 0) is 5.75 Å². The Morgan fingerprint density at radius 2 is 2.09 bits per heavy atom. The first-order chi connectivity index (χ1) is 10.5. The molecule has 0 bridgehead atoms. The Kier molecular flexibility index (Phi) is 4.32. The number of thioether (sulfide) groups is 1. The van der Waals surface area contributed by atoms with Gasteiger partial charge in [-0.05, 0) is 17.7 Å². The van der Waals surface area contributed by atoms with Gasteiger partial charge in [-0.2, -0.15) is 0 Å². The number of H-pyrrole nitrogens is 1. The van der Waals surface area contributed by atoms with Crippen molar-refractivity contribution in [3.63, 3.8) is 0 Å². The van der Waals surface area contributed by atoms with Gasteiger partial charge in [0, 0.05) is 15.6 Å². The molecule has 0 saturated carbocycles. The number of aromatic nitrogens is 2. The number of hydrogen-bond acceptors (Lipinski definition) is 5. The summed E-state index contributed by atoms with van der Waals surface area (Å²) < 4.78 is 1.01. The Morgan fingerprint density at radius 1 is 1.36 bits per heavy atom. The van der Waals surface area contributed by atoms with Gasteiger partial charge >= 0.3 is 5.97 Å². The number of carboxylic acids is 1. The number of nitrogens with one attached hydrogen (secondary N) is 1. The summed E-state index contributed by atoms with van der Waals surface area (Å²) in [5.74, 6) is -0.451. The molecule has 0 radical (unpaired) electrons. The predicted molar refractivity (Wildman–Crippen MR) is 90.9 cm³/mol. The average molecular weight is 397 g/mol. The van der Waals surface area contributed by atoms with E-state index in [1.807, 2.05) is 24.3 Å². The Bertz CT molecular complexity index is 903. The fraction of sp³-hybridized carbons (Fsp3) is 0.0714. The first kappa shape index (κ1) is 15.3. The van der Waals surface area contributed by atoms with Crippen molar-refractivity contribution in [1.82, 2.24) is 9.97 Å². The van der Waals surface area contributed by atoms with Gasteiger partial charge in [0.25, 0.3) is 5.56 Å². The minimum absolute atomic E-state index is 0.00166. The van der Waals surface area contributed by atoms with Crippen LogP contribution in [0, 0.1) is 0 Å². The second kappa shape index (κ2) is 6.23. The van der Waals surface area contributed by atoms with Gasteiger partial charge in [0.05, 0.1) is 10.9 Å². The van der Waals surface area contributed by atoms with Crippen LogP contribution in [0.15, 0.2) is 44.1 Å². The third-order valence-electron chi connectivity index (χ3n) is 2.94. The molecule has 0 aliphatic carbocycles. The Balaban J connectivity index is 1.87. The normalized spacial score (nSPS) is 11.0. The number of rotatable bonds is 4. The van der Waals surface area contributed by atoms with Crippen LogP contribution in [-0.4, -0.2) is 21.0 Å². The minimum Gasteiger partial charge on any atom is -0.478 e. The molecular weight excluding hydrogens is 388 g/mol. The molecule has 1 aromatic carbocycles. The van der Waals surface area contributed by atoms with E-state index < -0.39 is 11.5 Å². The van der Waals surface area contributed by atoms with Gasteiger partial charge in [0.15, 0.2) is 5.16 Å². The van der Waals surface area contributed by atoms with E-state index in [1.54, 1.807) is 0 Å². The van der Waals surface area contributed by atoms with Crippen molar-refractivity contribution in [2.75, 3.05) is 0 Å². The van der Waals surface area contributed by atoms with Crippen LogP contribution in [0.4, 0.5) is 0 Å². The first-order valence-electron chi connectivity index (χ1n) is 6.16. The lowest BCUT2D eigenvalue weighted by Gasteiger charge is -2.02. The van der Waals surface area contributed by atoms with Crippen LogP contribution in [0.3, 0.4) is 0 Å². The molecule has 0 aliphatic heterocycles. The summed E-state index contributed by atoms with van der Waals surface area (Å²) in [5.41, 5.74) is 0.688. The molecule has 5 nitrogen and oxygen atoms in total. The molecule has 2 heterocycles. The number of nitrogens with zero attached hydrogens (tertiary/aromatic N) is 1. The van der Waals surface area contributed by atoms with Crippen LogP contribution < -0.4 is 5.56 Å². The maximum Gasteiger partial charge on any atom is 0.337 e. The molecule has 0 unspecified atom stereocenters. The number of halogens is 1. The lowest BCUT2D eigenvalue weighted by molar-refractivity contribution is 0.0699. The minimum atomic E-state index is -1.12. The van der Waals surface area contributed by atoms with Gasteiger partial charge in [0.2, 0.25) is 0 Å². The van der Waals surface area contributed by atoms with Gasteiger partial charge in [-0.1, -0.05) is 39.8 Å². The summed E-state index contributed by atoms with van der Waals surface area (Å²) >= 11 is 5.94. The molecule has 3 rings (SSSR count). The lowest BCUT2D eigenvalue weighted by atomic mass is 10.2. The molecule has 2 aromatic heterocycles. The van der Waals surface area contributed by atoms with Crippen molar-refractivity contribution in [2.45, 2.75) is 10.9 Å². The molecule has 0 spiro atoms. The molecular formula is C14H9BrN2O3S2. The highest BCUT2D eigenvalue weighted by molar-refractivity contribution is 9.10. The molecule has 0 aliphatic rings. The maximum atomic E-state index is 12.1. The van der Waals surface area contributed by atoms with Crippen LogP contribution in [0.1, 0.15) is 15.9 Å². The van der Waals surface area contributed by atoms with E-state index in [4.69, 9.17) is 5.11 Å². The fourth-order valence-electron chi connectivity index (χ4n) is 1.89. The standard InChI is InChI=1S/C14H9BrN2O3S2/c15-8-3-1-7(2-4-8)5-22-14-16-11(18)10-9(13(19)20)6-21-12(10)17-14/h1-4,6H,5H2,(H,19,20)(H,16,17,18). The quantitative estimate of drug-likeness (QED) is 0.518. The van der Waals surface area contributed by atoms with Gasteiger partial charge in [0.1, 0.15) is 4.83 Å². The topological polar surface area (TPSA) is 83.0 Å².